The summed E-state index contributed by atoms with van der Waals surface area (Å²) in [5.74, 6) is -0.315. The van der Waals surface area contributed by atoms with E-state index in [4.69, 9.17) is 5.11 Å². The van der Waals surface area contributed by atoms with Crippen LogP contribution < -0.4 is 5.32 Å². The van der Waals surface area contributed by atoms with E-state index in [0.29, 0.717) is 5.92 Å². The van der Waals surface area contributed by atoms with E-state index >= 15 is 0 Å². The number of rotatable bonds is 4. The molecule has 0 bridgehead atoms. The number of unbranched alkanes of at least 4 members (excludes halogenated alkanes) is 1. The van der Waals surface area contributed by atoms with E-state index in [2.05, 4.69) is 12.2 Å². The lowest BCUT2D eigenvalue weighted by Crippen LogP contribution is -2.57. The minimum absolute atomic E-state index is 0.262. The standard InChI is InChI=1S/C8H15NO2/c1-2-3-4-6-5-9-7(6)8(10)11/h6-7,9H,2-5H2,1H3,(H,10,11)/t6-,7-/m0/s1. The largest absolute Gasteiger partial charge is 0.480 e. The van der Waals surface area contributed by atoms with Crippen LogP contribution in [0.2, 0.25) is 0 Å². The Balaban J connectivity index is 2.20. The quantitative estimate of drug-likeness (QED) is 0.636. The Labute approximate surface area is 66.8 Å². The van der Waals surface area contributed by atoms with Gasteiger partial charge in [-0.3, -0.25) is 4.79 Å². The van der Waals surface area contributed by atoms with Crippen molar-refractivity contribution < 1.29 is 9.90 Å². The lowest BCUT2D eigenvalue weighted by atomic mass is 9.87. The van der Waals surface area contributed by atoms with E-state index in [9.17, 15) is 4.79 Å². The molecule has 2 atom stereocenters. The van der Waals surface area contributed by atoms with Gasteiger partial charge in [0.1, 0.15) is 6.04 Å². The summed E-state index contributed by atoms with van der Waals surface area (Å²) in [6, 6.07) is -0.262. The topological polar surface area (TPSA) is 49.3 Å². The van der Waals surface area contributed by atoms with E-state index < -0.39 is 5.97 Å². The zero-order chi connectivity index (χ0) is 8.27. The van der Waals surface area contributed by atoms with E-state index in [1.54, 1.807) is 0 Å². The molecule has 1 aliphatic heterocycles. The number of carboxylic acids is 1. The third-order valence-electron chi connectivity index (χ3n) is 2.27. The highest BCUT2D eigenvalue weighted by molar-refractivity contribution is 5.75. The van der Waals surface area contributed by atoms with Gasteiger partial charge in [-0.05, 0) is 12.3 Å². The van der Waals surface area contributed by atoms with Crippen molar-refractivity contribution in [3.05, 3.63) is 0 Å². The summed E-state index contributed by atoms with van der Waals surface area (Å²) in [6.07, 6.45) is 3.36. The molecule has 0 saturated carbocycles. The smallest absolute Gasteiger partial charge is 0.321 e. The van der Waals surface area contributed by atoms with Crippen LogP contribution in [0.5, 0.6) is 0 Å². The van der Waals surface area contributed by atoms with Gasteiger partial charge in [0.05, 0.1) is 0 Å². The van der Waals surface area contributed by atoms with Crippen LogP contribution in [0.4, 0.5) is 0 Å². The van der Waals surface area contributed by atoms with Crippen molar-refractivity contribution in [2.75, 3.05) is 6.54 Å². The van der Waals surface area contributed by atoms with Gasteiger partial charge in [-0.15, -0.1) is 0 Å². The van der Waals surface area contributed by atoms with Crippen molar-refractivity contribution in [1.29, 1.82) is 0 Å². The normalized spacial score (nSPS) is 29.5. The van der Waals surface area contributed by atoms with Crippen molar-refractivity contribution in [3.63, 3.8) is 0 Å². The summed E-state index contributed by atoms with van der Waals surface area (Å²) in [5.41, 5.74) is 0. The van der Waals surface area contributed by atoms with Crippen LogP contribution >= 0.6 is 0 Å². The lowest BCUT2D eigenvalue weighted by Gasteiger charge is -2.34. The van der Waals surface area contributed by atoms with Crippen molar-refractivity contribution in [2.24, 2.45) is 5.92 Å². The predicted octanol–water partition coefficient (Wildman–Crippen LogP) is 0.849. The number of hydrogen-bond acceptors (Lipinski definition) is 2. The first-order chi connectivity index (χ1) is 5.25. The second-order valence-corrected chi connectivity index (χ2v) is 3.13. The summed E-state index contributed by atoms with van der Waals surface area (Å²) < 4.78 is 0. The van der Waals surface area contributed by atoms with Gasteiger partial charge in [-0.2, -0.15) is 0 Å². The highest BCUT2D eigenvalue weighted by atomic mass is 16.4. The van der Waals surface area contributed by atoms with Crippen LogP contribution in [-0.4, -0.2) is 23.7 Å². The summed E-state index contributed by atoms with van der Waals surface area (Å²) in [5, 5.41) is 11.5. The van der Waals surface area contributed by atoms with E-state index in [-0.39, 0.29) is 6.04 Å². The molecule has 0 aromatic carbocycles. The van der Waals surface area contributed by atoms with Crippen molar-refractivity contribution in [3.8, 4) is 0 Å². The molecule has 2 N–H and O–H groups in total. The van der Waals surface area contributed by atoms with Gasteiger partial charge >= 0.3 is 5.97 Å². The number of carbonyl (C=O) groups is 1. The van der Waals surface area contributed by atoms with Crippen LogP contribution in [-0.2, 0) is 4.79 Å². The predicted molar refractivity (Wildman–Crippen MR) is 42.4 cm³/mol. The second-order valence-electron chi connectivity index (χ2n) is 3.13. The number of aliphatic carboxylic acids is 1. The van der Waals surface area contributed by atoms with Crippen LogP contribution in [0.15, 0.2) is 0 Å². The molecule has 3 nitrogen and oxygen atoms in total. The Morgan fingerprint density at radius 3 is 2.82 bits per heavy atom. The van der Waals surface area contributed by atoms with Crippen LogP contribution in [0, 0.1) is 5.92 Å². The molecule has 0 aromatic rings. The molecule has 0 radical (unpaired) electrons. The molecular weight excluding hydrogens is 142 g/mol. The first-order valence-electron chi connectivity index (χ1n) is 4.22. The van der Waals surface area contributed by atoms with Gasteiger partial charge in [-0.1, -0.05) is 19.8 Å². The molecule has 1 fully saturated rings. The second kappa shape index (κ2) is 3.72. The molecule has 11 heavy (non-hydrogen) atoms. The van der Waals surface area contributed by atoms with Gasteiger partial charge in [-0.25, -0.2) is 0 Å². The summed E-state index contributed by atoms with van der Waals surface area (Å²) >= 11 is 0. The molecule has 1 rings (SSSR count). The highest BCUT2D eigenvalue weighted by Gasteiger charge is 2.34. The Morgan fingerprint density at radius 2 is 2.45 bits per heavy atom. The Morgan fingerprint density at radius 1 is 1.73 bits per heavy atom. The molecule has 1 aliphatic rings. The van der Waals surface area contributed by atoms with E-state index in [1.165, 1.54) is 0 Å². The van der Waals surface area contributed by atoms with Gasteiger partial charge in [0.25, 0.3) is 0 Å². The third-order valence-corrected chi connectivity index (χ3v) is 2.27. The zero-order valence-electron chi connectivity index (χ0n) is 6.84. The minimum atomic E-state index is -0.697. The summed E-state index contributed by atoms with van der Waals surface area (Å²) in [6.45, 7) is 3.01. The summed E-state index contributed by atoms with van der Waals surface area (Å²) in [7, 11) is 0. The fourth-order valence-corrected chi connectivity index (χ4v) is 1.43. The molecule has 1 saturated heterocycles. The van der Waals surface area contributed by atoms with Crippen molar-refractivity contribution >= 4 is 5.97 Å². The van der Waals surface area contributed by atoms with Crippen molar-refractivity contribution in [1.82, 2.24) is 5.32 Å². The molecule has 0 spiro atoms. The maximum absolute atomic E-state index is 10.5. The van der Waals surface area contributed by atoms with E-state index in [0.717, 1.165) is 25.8 Å². The molecule has 64 valence electrons. The molecule has 0 amide bonds. The average molecular weight is 157 g/mol. The maximum atomic E-state index is 10.5. The fraction of sp³-hybridized carbons (Fsp3) is 0.875. The van der Waals surface area contributed by atoms with Crippen LogP contribution in [0.1, 0.15) is 26.2 Å². The Bertz CT molecular complexity index is 147. The molecule has 3 heteroatoms. The average Bonchev–Trinajstić information content (AvgIpc) is 1.84. The van der Waals surface area contributed by atoms with Gasteiger partial charge in [0, 0.05) is 6.54 Å². The van der Waals surface area contributed by atoms with E-state index in [1.807, 2.05) is 0 Å². The minimum Gasteiger partial charge on any atom is -0.480 e. The number of hydrogen-bond donors (Lipinski definition) is 2. The Hall–Kier alpha value is -0.570. The molecule has 0 aromatic heterocycles. The molecule has 1 heterocycles. The van der Waals surface area contributed by atoms with Crippen LogP contribution in [0.3, 0.4) is 0 Å². The molecule has 0 unspecified atom stereocenters. The molecule has 0 aliphatic carbocycles. The van der Waals surface area contributed by atoms with Crippen LogP contribution in [0.25, 0.3) is 0 Å². The van der Waals surface area contributed by atoms with Gasteiger partial charge < -0.3 is 10.4 Å². The lowest BCUT2D eigenvalue weighted by molar-refractivity contribution is -0.143. The number of carboxylic acid groups (broad SMARTS) is 1. The summed E-state index contributed by atoms with van der Waals surface area (Å²) in [4.78, 5) is 10.5. The maximum Gasteiger partial charge on any atom is 0.321 e. The Kier molecular flexibility index (Phi) is 2.88. The third kappa shape index (κ3) is 1.93. The highest BCUT2D eigenvalue weighted by Crippen LogP contribution is 2.19. The van der Waals surface area contributed by atoms with Gasteiger partial charge in [0.15, 0.2) is 0 Å². The van der Waals surface area contributed by atoms with Crippen molar-refractivity contribution in [2.45, 2.75) is 32.2 Å². The SMILES string of the molecule is CCCC[C@H]1CN[C@@H]1C(=O)O. The molecular formula is C8H15NO2. The van der Waals surface area contributed by atoms with Gasteiger partial charge in [0.2, 0.25) is 0 Å². The number of nitrogens with one attached hydrogen (secondary N) is 1. The fourth-order valence-electron chi connectivity index (χ4n) is 1.43. The zero-order valence-corrected chi connectivity index (χ0v) is 6.84. The first kappa shape index (κ1) is 8.53. The first-order valence-corrected chi connectivity index (χ1v) is 4.22. The monoisotopic (exact) mass is 157 g/mol.